The normalized spacial score (nSPS) is 40.0. The first-order valence-electron chi connectivity index (χ1n) is 2.15. The van der Waals surface area contributed by atoms with Crippen molar-refractivity contribution in [3.63, 3.8) is 0 Å². The third-order valence-electron chi connectivity index (χ3n) is 0.744. The summed E-state index contributed by atoms with van der Waals surface area (Å²) in [6.07, 6.45) is 0. The molecule has 1 fully saturated rings. The zero-order valence-corrected chi connectivity index (χ0v) is 12.7. The number of hydrogen-bond donors (Lipinski definition) is 0. The van der Waals surface area contributed by atoms with E-state index in [9.17, 15) is 0 Å². The first-order chi connectivity index (χ1) is 3.00. The molecule has 1 rings (SSSR count). The van der Waals surface area contributed by atoms with Crippen LogP contribution in [-0.2, 0) is 0 Å². The van der Waals surface area contributed by atoms with Crippen LogP contribution in [0.25, 0.3) is 0 Å². The second-order valence-corrected chi connectivity index (χ2v) is 57.3. The molecule has 0 atom stereocenters. The zero-order chi connectivity index (χ0) is 4.24. The van der Waals surface area contributed by atoms with Crippen LogP contribution < -0.4 is 0 Å². The summed E-state index contributed by atoms with van der Waals surface area (Å²) in [6.45, 7) is 0. The van der Waals surface area contributed by atoms with E-state index in [1.165, 1.54) is 27.4 Å². The van der Waals surface area contributed by atoms with Crippen LogP contribution in [0.3, 0.4) is 0 Å². The van der Waals surface area contributed by atoms with Crippen molar-refractivity contribution in [1.82, 2.24) is 0 Å². The van der Waals surface area contributed by atoms with E-state index in [4.69, 9.17) is 0 Å². The maximum absolute atomic E-state index is 1.47. The van der Waals surface area contributed by atoms with Gasteiger partial charge in [-0.2, -0.15) is 0 Å². The van der Waals surface area contributed by atoms with Gasteiger partial charge in [0.1, 0.15) is 0 Å². The molecule has 0 radical (unpaired) electrons. The topological polar surface area (TPSA) is 0 Å². The van der Waals surface area contributed by atoms with Crippen LogP contribution in [0.4, 0.5) is 0 Å². The maximum atomic E-state index is 1.47. The van der Waals surface area contributed by atoms with Crippen LogP contribution in [0.15, 0.2) is 0 Å². The third kappa shape index (κ3) is 2.27. The van der Waals surface area contributed by atoms with Crippen LogP contribution in [-0.4, -0.2) is 57.9 Å². The molecular weight excluding hydrogens is 270 g/mol. The van der Waals surface area contributed by atoms with Crippen molar-refractivity contribution < 1.29 is 0 Å². The van der Waals surface area contributed by atoms with E-state index >= 15 is 0 Å². The van der Waals surface area contributed by atoms with Gasteiger partial charge in [-0.25, -0.2) is 0 Å². The summed E-state index contributed by atoms with van der Waals surface area (Å²) in [5.41, 5.74) is 0. The summed E-state index contributed by atoms with van der Waals surface area (Å²) >= 11 is 2.94. The van der Waals surface area contributed by atoms with Gasteiger partial charge < -0.3 is 0 Å². The fourth-order valence-electron chi connectivity index (χ4n) is 0.440. The quantitative estimate of drug-likeness (QED) is 0.392. The van der Waals surface area contributed by atoms with Crippen molar-refractivity contribution in [2.45, 2.75) is 0 Å². The van der Waals surface area contributed by atoms with Gasteiger partial charge >= 0.3 is 57.9 Å². The van der Waals surface area contributed by atoms with Crippen LogP contribution in [0.1, 0.15) is 0 Å². The molecule has 0 amide bonds. The third-order valence-corrected chi connectivity index (χ3v) is 121. The fourth-order valence-corrected chi connectivity index (χ4v) is 258. The van der Waals surface area contributed by atoms with Gasteiger partial charge in [0.2, 0.25) is 0 Å². The standard InChI is InChI=1S/H8Se2Si4/c1-3-5-2-6-4-1/h3-6H2. The van der Waals surface area contributed by atoms with E-state index in [0.29, 0.717) is 0 Å². The molecule has 1 aliphatic rings. The van der Waals surface area contributed by atoms with Crippen molar-refractivity contribution in [3.8, 4) is 0 Å². The summed E-state index contributed by atoms with van der Waals surface area (Å²) in [5.74, 6) is 0. The molecule has 0 bridgehead atoms. The second kappa shape index (κ2) is 3.85. The predicted molar refractivity (Wildman–Crippen MR) is 45.7 cm³/mol. The SMILES string of the molecule is [SiH2]1[SiH2][Se][SiH2][SiH2][Se]1. The zero-order valence-electron chi connectivity index (χ0n) is 3.64. The van der Waals surface area contributed by atoms with Gasteiger partial charge in [-0.3, -0.25) is 0 Å². The van der Waals surface area contributed by atoms with Gasteiger partial charge in [-0.05, 0) is 0 Å². The molecule has 0 aromatic carbocycles. The van der Waals surface area contributed by atoms with E-state index in [-0.39, 0.29) is 0 Å². The molecule has 1 saturated heterocycles. The molecular formula is H8Se2Si4. The Bertz CT molecular complexity index is 21.0. The van der Waals surface area contributed by atoms with Crippen molar-refractivity contribution in [1.29, 1.82) is 0 Å². The van der Waals surface area contributed by atoms with E-state index in [1.807, 2.05) is 0 Å². The Labute approximate surface area is 57.6 Å². The minimum absolute atomic E-state index is 0.834. The fraction of sp³-hybridized carbons (Fsp3) is 0. The molecule has 36 valence electrons. The molecule has 1 aliphatic heterocycles. The average Bonchev–Trinajstić information content (AvgIpc) is 1.72. The molecule has 1 heterocycles. The summed E-state index contributed by atoms with van der Waals surface area (Å²) in [5, 5.41) is 0. The van der Waals surface area contributed by atoms with Crippen LogP contribution in [0, 0.1) is 0 Å². The van der Waals surface area contributed by atoms with E-state index in [1.54, 1.807) is 0 Å². The summed E-state index contributed by atoms with van der Waals surface area (Å²) < 4.78 is 0. The molecule has 0 saturated carbocycles. The number of rotatable bonds is 0. The molecule has 0 nitrogen and oxygen atoms in total. The Hall–Kier alpha value is 1.91. The van der Waals surface area contributed by atoms with Crippen LogP contribution in [0.5, 0.6) is 0 Å². The van der Waals surface area contributed by atoms with Crippen molar-refractivity contribution in [2.75, 3.05) is 0 Å². The summed E-state index contributed by atoms with van der Waals surface area (Å²) in [6, 6.07) is 0. The molecule has 0 spiro atoms. The van der Waals surface area contributed by atoms with Gasteiger partial charge in [0.05, 0.1) is 0 Å². The minimum atomic E-state index is 0.834. The first kappa shape index (κ1) is 6.03. The van der Waals surface area contributed by atoms with E-state index in [2.05, 4.69) is 0 Å². The Morgan fingerprint density at radius 1 is 0.667 bits per heavy atom. The average molecular weight is 278 g/mol. The van der Waals surface area contributed by atoms with Crippen LogP contribution >= 0.6 is 0 Å². The molecule has 0 aromatic heterocycles. The summed E-state index contributed by atoms with van der Waals surface area (Å²) in [4.78, 5) is 0. The molecule has 0 aliphatic carbocycles. The Balaban J connectivity index is 2.00. The van der Waals surface area contributed by atoms with E-state index in [0.717, 1.165) is 30.6 Å². The van der Waals surface area contributed by atoms with E-state index < -0.39 is 0 Å². The monoisotopic (exact) mass is 280 g/mol. The molecule has 0 unspecified atom stereocenters. The first-order valence-corrected chi connectivity index (χ1v) is 27.0. The number of hydrogen-bond acceptors (Lipinski definition) is 0. The van der Waals surface area contributed by atoms with Crippen LogP contribution in [0.2, 0.25) is 0 Å². The molecule has 6 heteroatoms. The summed E-state index contributed by atoms with van der Waals surface area (Å²) in [7, 11) is 3.34. The Kier molecular flexibility index (Phi) is 3.88. The molecule has 0 aromatic rings. The molecule has 0 N–H and O–H groups in total. The Morgan fingerprint density at radius 3 is 1.17 bits per heavy atom. The van der Waals surface area contributed by atoms with Crippen molar-refractivity contribution in [2.24, 2.45) is 0 Å². The Morgan fingerprint density at radius 2 is 1.00 bits per heavy atom. The molecule has 6 heavy (non-hydrogen) atoms. The van der Waals surface area contributed by atoms with Crippen molar-refractivity contribution in [3.05, 3.63) is 0 Å². The second-order valence-electron chi connectivity index (χ2n) is 1.22. The van der Waals surface area contributed by atoms with Gasteiger partial charge in [0, 0.05) is 0 Å². The van der Waals surface area contributed by atoms with Gasteiger partial charge in [0.25, 0.3) is 0 Å². The predicted octanol–water partition coefficient (Wildman–Crippen LogP) is -4.43. The van der Waals surface area contributed by atoms with Gasteiger partial charge in [0.15, 0.2) is 0 Å². The van der Waals surface area contributed by atoms with Crippen molar-refractivity contribution >= 4 is 57.9 Å². The van der Waals surface area contributed by atoms with Gasteiger partial charge in [-0.15, -0.1) is 0 Å². The van der Waals surface area contributed by atoms with Gasteiger partial charge in [-0.1, -0.05) is 0 Å².